The largest absolute Gasteiger partial charge is 0.350 e. The van der Waals surface area contributed by atoms with Crippen molar-refractivity contribution in [3.8, 4) is 0 Å². The maximum atomic E-state index is 12.2. The number of rotatable bonds is 5. The van der Waals surface area contributed by atoms with Crippen LogP contribution in [0.25, 0.3) is 0 Å². The summed E-state index contributed by atoms with van der Waals surface area (Å²) in [6.07, 6.45) is 2.92. The van der Waals surface area contributed by atoms with Crippen LogP contribution < -0.4 is 10.6 Å². The monoisotopic (exact) mass is 368 g/mol. The van der Waals surface area contributed by atoms with Gasteiger partial charge in [0.2, 0.25) is 0 Å². The minimum Gasteiger partial charge on any atom is -0.350 e. The average Bonchev–Trinajstić information content (AvgIpc) is 3.02. The number of aromatic nitrogens is 4. The molecule has 3 N–H and O–H groups in total. The van der Waals surface area contributed by atoms with E-state index in [4.69, 9.17) is 0 Å². The summed E-state index contributed by atoms with van der Waals surface area (Å²) in [6.45, 7) is 4.55. The Morgan fingerprint density at radius 2 is 2.09 bits per heavy atom. The van der Waals surface area contributed by atoms with Gasteiger partial charge in [-0.1, -0.05) is 13.8 Å². The third-order valence-corrected chi connectivity index (χ3v) is 3.49. The highest BCUT2D eigenvalue weighted by Gasteiger charge is 2.20. The SMILES string of the molecule is CC(C)CNC(=O)c1c(NC(=O)c2[nH]ncc2Br)cnn1C. The van der Waals surface area contributed by atoms with Gasteiger partial charge in [-0.15, -0.1) is 0 Å². The second-order valence-electron chi connectivity index (χ2n) is 5.18. The van der Waals surface area contributed by atoms with Gasteiger partial charge in [0, 0.05) is 13.6 Å². The van der Waals surface area contributed by atoms with E-state index in [0.717, 1.165) is 0 Å². The predicted molar refractivity (Wildman–Crippen MR) is 84.6 cm³/mol. The lowest BCUT2D eigenvalue weighted by Crippen LogP contribution is -2.30. The Balaban J connectivity index is 2.17. The summed E-state index contributed by atoms with van der Waals surface area (Å²) < 4.78 is 1.97. The molecule has 22 heavy (non-hydrogen) atoms. The number of carbonyl (C=O) groups excluding carboxylic acids is 2. The second kappa shape index (κ2) is 6.73. The molecule has 2 heterocycles. The predicted octanol–water partition coefficient (Wildman–Crippen LogP) is 1.54. The normalized spacial score (nSPS) is 10.8. The molecule has 0 aromatic carbocycles. The van der Waals surface area contributed by atoms with Crippen LogP contribution in [0.15, 0.2) is 16.9 Å². The Kier molecular flexibility index (Phi) is 4.96. The Morgan fingerprint density at radius 1 is 1.36 bits per heavy atom. The molecule has 9 heteroatoms. The van der Waals surface area contributed by atoms with Gasteiger partial charge in [-0.3, -0.25) is 19.4 Å². The van der Waals surface area contributed by atoms with E-state index in [9.17, 15) is 9.59 Å². The number of aromatic amines is 1. The zero-order chi connectivity index (χ0) is 16.3. The van der Waals surface area contributed by atoms with Gasteiger partial charge < -0.3 is 10.6 Å². The molecule has 0 aliphatic rings. The summed E-state index contributed by atoms with van der Waals surface area (Å²) in [4.78, 5) is 24.4. The molecule has 8 nitrogen and oxygen atoms in total. The zero-order valence-corrected chi connectivity index (χ0v) is 14.1. The first kappa shape index (κ1) is 16.2. The summed E-state index contributed by atoms with van der Waals surface area (Å²) in [5.41, 5.74) is 0.914. The van der Waals surface area contributed by atoms with Crippen LogP contribution in [0.4, 0.5) is 5.69 Å². The van der Waals surface area contributed by atoms with Crippen molar-refractivity contribution in [1.29, 1.82) is 0 Å². The number of hydrogen-bond donors (Lipinski definition) is 3. The smallest absolute Gasteiger partial charge is 0.274 e. The van der Waals surface area contributed by atoms with Gasteiger partial charge in [-0.25, -0.2) is 0 Å². The van der Waals surface area contributed by atoms with Gasteiger partial charge in [0.15, 0.2) is 0 Å². The molecule has 0 aliphatic carbocycles. The molecule has 0 unspecified atom stereocenters. The molecule has 0 fully saturated rings. The molecule has 0 saturated heterocycles. The van der Waals surface area contributed by atoms with Crippen molar-refractivity contribution in [2.45, 2.75) is 13.8 Å². The van der Waals surface area contributed by atoms with Crippen LogP contribution in [0.2, 0.25) is 0 Å². The maximum absolute atomic E-state index is 12.2. The van der Waals surface area contributed by atoms with E-state index in [1.807, 2.05) is 13.8 Å². The number of amides is 2. The van der Waals surface area contributed by atoms with E-state index in [2.05, 4.69) is 41.9 Å². The second-order valence-corrected chi connectivity index (χ2v) is 6.04. The van der Waals surface area contributed by atoms with Crippen LogP contribution >= 0.6 is 15.9 Å². The summed E-state index contributed by atoms with van der Waals surface area (Å²) >= 11 is 3.22. The summed E-state index contributed by atoms with van der Waals surface area (Å²) in [6, 6.07) is 0. The lowest BCUT2D eigenvalue weighted by Gasteiger charge is -2.10. The van der Waals surface area contributed by atoms with Crippen LogP contribution in [0.3, 0.4) is 0 Å². The van der Waals surface area contributed by atoms with Crippen LogP contribution in [-0.2, 0) is 7.05 Å². The lowest BCUT2D eigenvalue weighted by atomic mass is 10.2. The minimum absolute atomic E-state index is 0.275. The highest BCUT2D eigenvalue weighted by atomic mass is 79.9. The fraction of sp³-hybridized carbons (Fsp3) is 0.385. The standard InChI is InChI=1S/C13H17BrN6O2/c1-7(2)4-15-13(22)11-9(6-17-20(11)3)18-12(21)10-8(14)5-16-19-10/h5-7H,4H2,1-3H3,(H,15,22)(H,16,19)(H,18,21). The number of aryl methyl sites for hydroxylation is 1. The van der Waals surface area contributed by atoms with Gasteiger partial charge in [0.25, 0.3) is 11.8 Å². The number of nitrogens with one attached hydrogen (secondary N) is 3. The molecule has 0 spiro atoms. The minimum atomic E-state index is -0.407. The van der Waals surface area contributed by atoms with Gasteiger partial charge in [-0.05, 0) is 21.8 Å². The van der Waals surface area contributed by atoms with E-state index in [1.165, 1.54) is 17.1 Å². The molecule has 2 amide bonds. The molecule has 2 rings (SSSR count). The summed E-state index contributed by atoms with van der Waals surface area (Å²) in [5.74, 6) is -0.362. The molecule has 0 saturated carbocycles. The number of anilines is 1. The first-order chi connectivity index (χ1) is 10.4. The third kappa shape index (κ3) is 3.53. The van der Waals surface area contributed by atoms with Crippen LogP contribution in [0.1, 0.15) is 34.8 Å². The van der Waals surface area contributed by atoms with Gasteiger partial charge >= 0.3 is 0 Å². The maximum Gasteiger partial charge on any atom is 0.274 e. The van der Waals surface area contributed by atoms with Crippen molar-refractivity contribution in [2.75, 3.05) is 11.9 Å². The first-order valence-electron chi connectivity index (χ1n) is 6.70. The van der Waals surface area contributed by atoms with Crippen molar-refractivity contribution >= 4 is 33.4 Å². The van der Waals surface area contributed by atoms with E-state index >= 15 is 0 Å². The third-order valence-electron chi connectivity index (χ3n) is 2.89. The Bertz CT molecular complexity index is 691. The van der Waals surface area contributed by atoms with Crippen LogP contribution in [0.5, 0.6) is 0 Å². The Hall–Kier alpha value is -2.16. The van der Waals surface area contributed by atoms with Crippen LogP contribution in [0, 0.1) is 5.92 Å². The van der Waals surface area contributed by atoms with E-state index in [-0.39, 0.29) is 11.6 Å². The molecule has 118 valence electrons. The quantitative estimate of drug-likeness (QED) is 0.744. The first-order valence-corrected chi connectivity index (χ1v) is 7.49. The summed E-state index contributed by atoms with van der Waals surface area (Å²) in [5, 5.41) is 15.8. The average molecular weight is 369 g/mol. The topological polar surface area (TPSA) is 105 Å². The van der Waals surface area contributed by atoms with E-state index < -0.39 is 5.91 Å². The molecular formula is C13H17BrN6O2. The van der Waals surface area contributed by atoms with Crippen molar-refractivity contribution in [1.82, 2.24) is 25.3 Å². The highest BCUT2D eigenvalue weighted by Crippen LogP contribution is 2.18. The number of hydrogen-bond acceptors (Lipinski definition) is 4. The van der Waals surface area contributed by atoms with E-state index in [0.29, 0.717) is 28.3 Å². The fourth-order valence-corrected chi connectivity index (χ4v) is 2.17. The summed E-state index contributed by atoms with van der Waals surface area (Å²) in [7, 11) is 1.64. The van der Waals surface area contributed by atoms with Crippen LogP contribution in [-0.4, -0.2) is 38.3 Å². The Labute approximate surface area is 135 Å². The highest BCUT2D eigenvalue weighted by molar-refractivity contribution is 9.10. The van der Waals surface area contributed by atoms with Gasteiger partial charge in [0.1, 0.15) is 11.4 Å². The molecule has 0 atom stereocenters. The molecule has 0 radical (unpaired) electrons. The number of halogens is 1. The molecular weight excluding hydrogens is 352 g/mol. The molecule has 0 bridgehead atoms. The zero-order valence-electron chi connectivity index (χ0n) is 12.5. The lowest BCUT2D eigenvalue weighted by molar-refractivity contribution is 0.0940. The molecule has 0 aliphatic heterocycles. The number of H-pyrrole nitrogens is 1. The van der Waals surface area contributed by atoms with Crippen molar-refractivity contribution in [3.05, 3.63) is 28.3 Å². The van der Waals surface area contributed by atoms with Gasteiger partial charge in [0.05, 0.1) is 22.6 Å². The van der Waals surface area contributed by atoms with Crippen molar-refractivity contribution in [2.24, 2.45) is 13.0 Å². The van der Waals surface area contributed by atoms with Crippen molar-refractivity contribution < 1.29 is 9.59 Å². The fourth-order valence-electron chi connectivity index (χ4n) is 1.79. The molecule has 2 aromatic heterocycles. The van der Waals surface area contributed by atoms with Gasteiger partial charge in [-0.2, -0.15) is 10.2 Å². The Morgan fingerprint density at radius 3 is 2.68 bits per heavy atom. The van der Waals surface area contributed by atoms with E-state index in [1.54, 1.807) is 7.05 Å². The number of carbonyl (C=O) groups is 2. The van der Waals surface area contributed by atoms with Crippen molar-refractivity contribution in [3.63, 3.8) is 0 Å². The molecule has 2 aromatic rings. The number of nitrogens with zero attached hydrogens (tertiary/aromatic N) is 3.